The second-order valence-corrected chi connectivity index (χ2v) is 6.35. The fourth-order valence-electron chi connectivity index (χ4n) is 2.79. The zero-order valence-corrected chi connectivity index (χ0v) is 16.8. The van der Waals surface area contributed by atoms with Gasteiger partial charge in [0.1, 0.15) is 11.4 Å². The largest absolute Gasteiger partial charge is 0.543 e. The Labute approximate surface area is 168 Å². The second kappa shape index (κ2) is 9.00. The van der Waals surface area contributed by atoms with Crippen molar-refractivity contribution < 1.29 is 19.4 Å². The number of nitrogens with one attached hydrogen (secondary N) is 1. The number of carboxylic acid groups (broad SMARTS) is 1. The summed E-state index contributed by atoms with van der Waals surface area (Å²) in [5, 5.41) is 14.2. The van der Waals surface area contributed by atoms with Crippen LogP contribution in [0.15, 0.2) is 23.5 Å². The van der Waals surface area contributed by atoms with Gasteiger partial charge in [-0.05, 0) is 0 Å². The number of anilines is 1. The lowest BCUT2D eigenvalue weighted by molar-refractivity contribution is -0.765. The lowest BCUT2D eigenvalue weighted by Crippen LogP contribution is -2.69. The van der Waals surface area contributed by atoms with Crippen molar-refractivity contribution in [1.82, 2.24) is 9.58 Å². The fourth-order valence-corrected chi connectivity index (χ4v) is 4.07. The number of carbonyl (C=O) groups excluding carboxylic acids is 2. The van der Waals surface area contributed by atoms with Crippen molar-refractivity contribution in [2.75, 3.05) is 18.1 Å². The maximum Gasteiger partial charge on any atom is 0.248 e. The third-order valence-electron chi connectivity index (χ3n) is 4.03. The van der Waals surface area contributed by atoms with Crippen LogP contribution in [0.2, 0.25) is 0 Å². The van der Waals surface area contributed by atoms with E-state index in [1.165, 1.54) is 16.7 Å². The zero-order valence-electron chi connectivity index (χ0n) is 13.5. The minimum atomic E-state index is -1.33. The Kier molecular flexibility index (Phi) is 8.59. The minimum absolute atomic E-state index is 0. The molecule has 1 aromatic rings. The number of nitrogens with zero attached hydrogens (tertiary/aromatic N) is 3. The van der Waals surface area contributed by atoms with Crippen molar-refractivity contribution in [2.45, 2.75) is 18.0 Å². The summed E-state index contributed by atoms with van der Waals surface area (Å²) in [5.41, 5.74) is 6.33. The monoisotopic (exact) mass is 431 g/mol. The number of rotatable bonds is 4. The Hall–Kier alpha value is -1.13. The number of hydrogen-bond acceptors (Lipinski definition) is 6. The van der Waals surface area contributed by atoms with Gasteiger partial charge in [-0.1, -0.05) is 0 Å². The van der Waals surface area contributed by atoms with Crippen LogP contribution in [0.3, 0.4) is 0 Å². The molecule has 2 aliphatic heterocycles. The Morgan fingerprint density at radius 1 is 1.48 bits per heavy atom. The Morgan fingerprint density at radius 2 is 2.12 bits per heavy atom. The third kappa shape index (κ3) is 3.85. The minimum Gasteiger partial charge on any atom is -0.543 e. The SMILES string of the molecule is CNc1cc[n+](CC2=C(C(=O)[O-])N3C(=O)[C@@H](N)[C@H]3SC2)n1C.Cl.Cl.Cl. The van der Waals surface area contributed by atoms with E-state index in [9.17, 15) is 14.7 Å². The van der Waals surface area contributed by atoms with E-state index in [0.29, 0.717) is 17.9 Å². The fraction of sp³-hybridized carbons (Fsp3) is 0.462. The van der Waals surface area contributed by atoms with Crippen LogP contribution in [0.25, 0.3) is 0 Å². The molecule has 25 heavy (non-hydrogen) atoms. The van der Waals surface area contributed by atoms with E-state index in [4.69, 9.17) is 5.73 Å². The number of fused-ring (bicyclic) bond motifs is 1. The average Bonchev–Trinajstić information content (AvgIpc) is 2.86. The number of thioether (sulfide) groups is 1. The molecule has 0 aromatic carbocycles. The van der Waals surface area contributed by atoms with Crippen molar-refractivity contribution in [3.63, 3.8) is 0 Å². The second-order valence-electron chi connectivity index (χ2n) is 5.25. The van der Waals surface area contributed by atoms with E-state index >= 15 is 0 Å². The normalized spacial score (nSPS) is 21.2. The molecule has 0 bridgehead atoms. The summed E-state index contributed by atoms with van der Waals surface area (Å²) in [6.45, 7) is 0.375. The van der Waals surface area contributed by atoms with Gasteiger partial charge in [0.25, 0.3) is 0 Å². The number of carboxylic acids is 1. The Balaban J connectivity index is 0.00000192. The molecule has 0 spiro atoms. The van der Waals surface area contributed by atoms with Crippen LogP contribution in [-0.2, 0) is 23.2 Å². The van der Waals surface area contributed by atoms with Crippen LogP contribution in [0.4, 0.5) is 5.82 Å². The molecular formula is C13H20Cl3N5O3S. The van der Waals surface area contributed by atoms with Crippen LogP contribution >= 0.6 is 49.0 Å². The van der Waals surface area contributed by atoms with Crippen molar-refractivity contribution in [1.29, 1.82) is 0 Å². The number of carbonyl (C=O) groups is 2. The number of halogens is 3. The third-order valence-corrected chi connectivity index (χ3v) is 5.39. The molecule has 0 aliphatic carbocycles. The van der Waals surface area contributed by atoms with Crippen molar-refractivity contribution in [2.24, 2.45) is 12.8 Å². The molecule has 1 aromatic heterocycles. The molecule has 12 heteroatoms. The molecule has 1 amide bonds. The number of β-lactam (4-membered cyclic amide) rings is 1. The number of amides is 1. The Bertz CT molecular complexity index is 696. The van der Waals surface area contributed by atoms with Gasteiger partial charge in [-0.15, -0.1) is 58.3 Å². The molecule has 0 unspecified atom stereocenters. The highest BCUT2D eigenvalue weighted by atomic mass is 35.5. The molecule has 8 nitrogen and oxygen atoms in total. The van der Waals surface area contributed by atoms with Gasteiger partial charge in [-0.3, -0.25) is 9.69 Å². The number of hydrogen-bond donors (Lipinski definition) is 2. The van der Waals surface area contributed by atoms with Crippen LogP contribution in [0, 0.1) is 0 Å². The molecule has 1 fully saturated rings. The van der Waals surface area contributed by atoms with Crippen LogP contribution in [0.5, 0.6) is 0 Å². The van der Waals surface area contributed by atoms with Gasteiger partial charge in [0.2, 0.25) is 5.91 Å². The predicted molar refractivity (Wildman–Crippen MR) is 100.0 cm³/mol. The van der Waals surface area contributed by atoms with Gasteiger partial charge in [0, 0.05) is 18.4 Å². The molecule has 0 saturated carbocycles. The van der Waals surface area contributed by atoms with Crippen LogP contribution in [-0.4, -0.2) is 45.7 Å². The van der Waals surface area contributed by atoms with E-state index < -0.39 is 12.0 Å². The topological polar surface area (TPSA) is 107 Å². The van der Waals surface area contributed by atoms with Gasteiger partial charge in [0.15, 0.2) is 18.6 Å². The van der Waals surface area contributed by atoms with Crippen LogP contribution < -0.4 is 20.8 Å². The maximum absolute atomic E-state index is 11.9. The molecule has 0 radical (unpaired) electrons. The smallest absolute Gasteiger partial charge is 0.248 e. The van der Waals surface area contributed by atoms with E-state index in [0.717, 1.165) is 5.82 Å². The molecule has 1 saturated heterocycles. The van der Waals surface area contributed by atoms with Crippen LogP contribution in [0.1, 0.15) is 0 Å². The van der Waals surface area contributed by atoms with Gasteiger partial charge >= 0.3 is 0 Å². The van der Waals surface area contributed by atoms with E-state index in [1.807, 2.05) is 35.7 Å². The lowest BCUT2D eigenvalue weighted by atomic mass is 10.0. The molecule has 2 atom stereocenters. The zero-order chi connectivity index (χ0) is 16.0. The highest BCUT2D eigenvalue weighted by molar-refractivity contribution is 8.00. The van der Waals surface area contributed by atoms with E-state index in [-0.39, 0.29) is 54.2 Å². The van der Waals surface area contributed by atoms with E-state index in [1.54, 1.807) is 0 Å². The molecule has 2 aliphatic rings. The first-order chi connectivity index (χ1) is 10.5. The highest BCUT2D eigenvalue weighted by Gasteiger charge is 2.50. The van der Waals surface area contributed by atoms with Crippen molar-refractivity contribution in [3.8, 4) is 0 Å². The quantitative estimate of drug-likeness (QED) is 0.460. The van der Waals surface area contributed by atoms with Gasteiger partial charge in [-0.2, -0.15) is 0 Å². The van der Waals surface area contributed by atoms with Crippen molar-refractivity contribution in [3.05, 3.63) is 23.5 Å². The summed E-state index contributed by atoms with van der Waals surface area (Å²) in [4.78, 5) is 24.6. The predicted octanol–water partition coefficient (Wildman–Crippen LogP) is -1.13. The molecule has 142 valence electrons. The van der Waals surface area contributed by atoms with Crippen molar-refractivity contribution >= 4 is 66.7 Å². The number of aliphatic carboxylic acids is 1. The lowest BCUT2D eigenvalue weighted by Gasteiger charge is -2.49. The summed E-state index contributed by atoms with van der Waals surface area (Å²) >= 11 is 1.48. The highest BCUT2D eigenvalue weighted by Crippen LogP contribution is 2.39. The van der Waals surface area contributed by atoms with Gasteiger partial charge < -0.3 is 21.0 Å². The first-order valence-corrected chi connectivity index (χ1v) is 7.87. The molecule has 3 rings (SSSR count). The van der Waals surface area contributed by atoms with E-state index in [2.05, 4.69) is 5.32 Å². The molecule has 3 heterocycles. The Morgan fingerprint density at radius 3 is 2.64 bits per heavy atom. The average molecular weight is 433 g/mol. The standard InChI is InChI=1S/C13H17N5O3S.3ClH/c1-15-8-3-4-17(16(8)2)5-7-6-22-12-9(14)11(19)18(12)10(7)13(20)21;;;/h3-4,9,12H,5-6,14H2,1-2H3,(H,20,21);3*1H/t9-,12-;;;/m1.../s1. The number of nitrogens with two attached hydrogens (primary N) is 1. The summed E-state index contributed by atoms with van der Waals surface area (Å²) in [6, 6.07) is 1.27. The molecule has 3 N–H and O–H groups in total. The summed E-state index contributed by atoms with van der Waals surface area (Å²) < 4.78 is 3.75. The molecular weight excluding hydrogens is 413 g/mol. The van der Waals surface area contributed by atoms with Gasteiger partial charge in [0.05, 0.1) is 24.8 Å². The summed E-state index contributed by atoms with van der Waals surface area (Å²) in [5.74, 6) is -0.275. The first-order valence-electron chi connectivity index (χ1n) is 6.82. The van der Waals surface area contributed by atoms with Gasteiger partial charge in [-0.25, -0.2) is 0 Å². The maximum atomic E-state index is 11.9. The first kappa shape index (κ1) is 23.9. The number of aromatic nitrogens is 2. The summed E-state index contributed by atoms with van der Waals surface area (Å²) in [6.07, 6.45) is 1.85. The summed E-state index contributed by atoms with van der Waals surface area (Å²) in [7, 11) is 3.68.